The molecule has 1 aliphatic rings. The quantitative estimate of drug-likeness (QED) is 0.658. The van der Waals surface area contributed by atoms with Gasteiger partial charge in [-0.05, 0) is 32.2 Å². The lowest BCUT2D eigenvalue weighted by atomic mass is 10.1. The Hall–Kier alpha value is -3.27. The molecule has 0 aliphatic carbocycles. The average molecular weight is 416 g/mol. The second kappa shape index (κ2) is 9.49. The second-order valence-corrected chi connectivity index (χ2v) is 7.10. The molecule has 1 saturated heterocycles. The summed E-state index contributed by atoms with van der Waals surface area (Å²) in [7, 11) is 1.84. The van der Waals surface area contributed by atoms with Gasteiger partial charge in [0.15, 0.2) is 0 Å². The number of piperazine rings is 1. The second-order valence-electron chi connectivity index (χ2n) is 7.10. The number of likely N-dealkylation sites (N-methyl/N-ethyl adjacent to an activating group) is 1. The molecule has 3 N–H and O–H groups in total. The maximum absolute atomic E-state index is 13.2. The fourth-order valence-corrected chi connectivity index (χ4v) is 3.22. The number of carbonyl (C=O) groups is 2. The van der Waals surface area contributed by atoms with Gasteiger partial charge in [0.05, 0.1) is 6.54 Å². The van der Waals surface area contributed by atoms with E-state index < -0.39 is 6.04 Å². The van der Waals surface area contributed by atoms with Gasteiger partial charge >= 0.3 is 0 Å². The van der Waals surface area contributed by atoms with E-state index in [1.54, 1.807) is 30.0 Å². The fraction of sp³-hybridized carbons (Fsp3) is 0.400. The molecule has 1 aliphatic heterocycles. The Labute approximate surface area is 174 Å². The molecule has 1 aromatic carbocycles. The van der Waals surface area contributed by atoms with Crippen molar-refractivity contribution < 1.29 is 18.7 Å². The van der Waals surface area contributed by atoms with E-state index in [2.05, 4.69) is 15.3 Å². The van der Waals surface area contributed by atoms with E-state index >= 15 is 0 Å². The molecule has 10 heteroatoms. The predicted octanol–water partition coefficient (Wildman–Crippen LogP) is 0.458. The number of rotatable bonds is 6. The van der Waals surface area contributed by atoms with E-state index in [0.717, 1.165) is 0 Å². The van der Waals surface area contributed by atoms with Crippen molar-refractivity contribution in [2.45, 2.75) is 13.0 Å². The number of halogens is 1. The lowest BCUT2D eigenvalue weighted by Crippen LogP contribution is -2.59. The number of aryl methyl sites for hydroxylation is 1. The van der Waals surface area contributed by atoms with E-state index in [4.69, 9.17) is 10.5 Å². The van der Waals surface area contributed by atoms with Crippen molar-refractivity contribution >= 4 is 17.8 Å². The Kier molecular flexibility index (Phi) is 6.78. The lowest BCUT2D eigenvalue weighted by Gasteiger charge is -2.38. The SMILES string of the molecule is Cc1cc(C(=O)N2CCN(C)[C@H](C(=O)NCCOc3cccc(F)c3)C2)nc(N)n1. The third kappa shape index (κ3) is 5.41. The fourth-order valence-electron chi connectivity index (χ4n) is 3.22. The molecule has 2 heterocycles. The van der Waals surface area contributed by atoms with Crippen LogP contribution < -0.4 is 15.8 Å². The van der Waals surface area contributed by atoms with Crippen LogP contribution in [-0.4, -0.2) is 77.5 Å². The molecule has 2 amide bonds. The number of ether oxygens (including phenoxy) is 1. The van der Waals surface area contributed by atoms with Crippen LogP contribution in [-0.2, 0) is 4.79 Å². The Bertz CT molecular complexity index is 905. The standard InChI is InChI=1S/C20H25FN6O3/c1-13-10-16(25-20(22)24-13)19(29)27-8-7-26(2)17(12-27)18(28)23-6-9-30-15-5-3-4-14(21)11-15/h3-5,10-11,17H,6-9,12H2,1-2H3,(H,23,28)(H2,22,24,25)/t17-/m0/s1. The van der Waals surface area contributed by atoms with Gasteiger partial charge in [0.2, 0.25) is 11.9 Å². The number of hydrogen-bond donors (Lipinski definition) is 2. The molecule has 0 bridgehead atoms. The summed E-state index contributed by atoms with van der Waals surface area (Å²) < 4.78 is 18.6. The first kappa shape index (κ1) is 21.4. The monoisotopic (exact) mass is 416 g/mol. The van der Waals surface area contributed by atoms with Crippen LogP contribution in [0.4, 0.5) is 10.3 Å². The predicted molar refractivity (Wildman–Crippen MR) is 108 cm³/mol. The number of carbonyl (C=O) groups excluding carboxylic acids is 2. The first-order valence-corrected chi connectivity index (χ1v) is 9.60. The Morgan fingerprint density at radius 1 is 1.30 bits per heavy atom. The summed E-state index contributed by atoms with van der Waals surface area (Å²) in [6, 6.07) is 6.89. The summed E-state index contributed by atoms with van der Waals surface area (Å²) in [4.78, 5) is 36.9. The highest BCUT2D eigenvalue weighted by Crippen LogP contribution is 2.13. The summed E-state index contributed by atoms with van der Waals surface area (Å²) in [6.45, 7) is 3.45. The number of amides is 2. The van der Waals surface area contributed by atoms with Crippen molar-refractivity contribution in [1.82, 2.24) is 25.1 Å². The van der Waals surface area contributed by atoms with Crippen molar-refractivity contribution in [2.24, 2.45) is 0 Å². The van der Waals surface area contributed by atoms with Crippen molar-refractivity contribution in [1.29, 1.82) is 0 Å². The molecule has 160 valence electrons. The van der Waals surface area contributed by atoms with Gasteiger partial charge in [0, 0.05) is 31.4 Å². The highest BCUT2D eigenvalue weighted by molar-refractivity contribution is 5.93. The molecule has 0 radical (unpaired) electrons. The van der Waals surface area contributed by atoms with Gasteiger partial charge in [-0.25, -0.2) is 14.4 Å². The van der Waals surface area contributed by atoms with Gasteiger partial charge < -0.3 is 20.7 Å². The lowest BCUT2D eigenvalue weighted by molar-refractivity contribution is -0.127. The number of benzene rings is 1. The normalized spacial score (nSPS) is 16.9. The number of aromatic nitrogens is 2. The van der Waals surface area contributed by atoms with Crippen LogP contribution in [0.3, 0.4) is 0 Å². The van der Waals surface area contributed by atoms with Crippen molar-refractivity contribution in [2.75, 3.05) is 45.6 Å². The van der Waals surface area contributed by atoms with E-state index in [1.807, 2.05) is 11.9 Å². The highest BCUT2D eigenvalue weighted by Gasteiger charge is 2.33. The van der Waals surface area contributed by atoms with E-state index in [9.17, 15) is 14.0 Å². The molecule has 0 saturated carbocycles. The summed E-state index contributed by atoms with van der Waals surface area (Å²) in [6.07, 6.45) is 0. The molecule has 0 unspecified atom stereocenters. The number of anilines is 1. The first-order valence-electron chi connectivity index (χ1n) is 9.60. The number of hydrogen-bond acceptors (Lipinski definition) is 7. The van der Waals surface area contributed by atoms with Crippen LogP contribution in [0.1, 0.15) is 16.2 Å². The molecule has 1 aromatic heterocycles. The van der Waals surface area contributed by atoms with Gasteiger partial charge in [-0.1, -0.05) is 6.07 Å². The third-order valence-electron chi connectivity index (χ3n) is 4.79. The van der Waals surface area contributed by atoms with Gasteiger partial charge in [-0.2, -0.15) is 0 Å². The molecule has 3 rings (SSSR count). The number of nitrogen functional groups attached to an aromatic ring is 1. The van der Waals surface area contributed by atoms with Crippen LogP contribution in [0.2, 0.25) is 0 Å². The van der Waals surface area contributed by atoms with Crippen molar-refractivity contribution in [3.05, 3.63) is 47.5 Å². The zero-order valence-electron chi connectivity index (χ0n) is 17.0. The molecular formula is C20H25FN6O3. The number of nitrogens with zero attached hydrogens (tertiary/aromatic N) is 4. The molecule has 9 nitrogen and oxygen atoms in total. The third-order valence-corrected chi connectivity index (χ3v) is 4.79. The van der Waals surface area contributed by atoms with Gasteiger partial charge in [0.25, 0.3) is 5.91 Å². The minimum Gasteiger partial charge on any atom is -0.492 e. The van der Waals surface area contributed by atoms with Crippen LogP contribution in [0.5, 0.6) is 5.75 Å². The summed E-state index contributed by atoms with van der Waals surface area (Å²) in [5.41, 5.74) is 6.46. The minimum absolute atomic E-state index is 0.0417. The average Bonchev–Trinajstić information content (AvgIpc) is 2.70. The molecule has 1 fully saturated rings. The topological polar surface area (TPSA) is 114 Å². The highest BCUT2D eigenvalue weighted by atomic mass is 19.1. The summed E-state index contributed by atoms with van der Waals surface area (Å²) in [5, 5.41) is 2.80. The molecule has 1 atom stereocenters. The Morgan fingerprint density at radius 3 is 2.83 bits per heavy atom. The van der Waals surface area contributed by atoms with Crippen LogP contribution in [0, 0.1) is 12.7 Å². The van der Waals surface area contributed by atoms with Crippen molar-refractivity contribution in [3.8, 4) is 5.75 Å². The summed E-state index contributed by atoms with van der Waals surface area (Å²) in [5.74, 6) is -0.440. The van der Waals surface area contributed by atoms with E-state index in [1.165, 1.54) is 12.1 Å². The van der Waals surface area contributed by atoms with Gasteiger partial charge in [0.1, 0.15) is 29.9 Å². The molecular weight excluding hydrogens is 391 g/mol. The zero-order valence-corrected chi connectivity index (χ0v) is 17.0. The molecule has 30 heavy (non-hydrogen) atoms. The van der Waals surface area contributed by atoms with E-state index in [0.29, 0.717) is 24.5 Å². The van der Waals surface area contributed by atoms with Gasteiger partial charge in [-0.3, -0.25) is 14.5 Å². The smallest absolute Gasteiger partial charge is 0.272 e. The van der Waals surface area contributed by atoms with Crippen molar-refractivity contribution in [3.63, 3.8) is 0 Å². The number of nitrogens with one attached hydrogen (secondary N) is 1. The van der Waals surface area contributed by atoms with Crippen LogP contribution in [0.25, 0.3) is 0 Å². The Morgan fingerprint density at radius 2 is 2.10 bits per heavy atom. The largest absolute Gasteiger partial charge is 0.492 e. The maximum Gasteiger partial charge on any atom is 0.272 e. The zero-order chi connectivity index (χ0) is 21.7. The van der Waals surface area contributed by atoms with E-state index in [-0.39, 0.29) is 49.0 Å². The van der Waals surface area contributed by atoms with Crippen LogP contribution >= 0.6 is 0 Å². The van der Waals surface area contributed by atoms with Gasteiger partial charge in [-0.15, -0.1) is 0 Å². The molecule has 0 spiro atoms. The summed E-state index contributed by atoms with van der Waals surface area (Å²) >= 11 is 0. The maximum atomic E-state index is 13.2. The molecule has 2 aromatic rings. The Balaban J connectivity index is 1.54. The number of nitrogens with two attached hydrogens (primary N) is 1. The van der Waals surface area contributed by atoms with Crippen LogP contribution in [0.15, 0.2) is 30.3 Å². The first-order chi connectivity index (χ1) is 14.3. The minimum atomic E-state index is -0.503.